The largest absolute Gasteiger partial charge is 0.423 e. The molecule has 0 bridgehead atoms. The molecule has 0 saturated carbocycles. The molecule has 0 saturated heterocycles. The van der Waals surface area contributed by atoms with Gasteiger partial charge in [0, 0.05) is 12.8 Å². The van der Waals surface area contributed by atoms with Crippen molar-refractivity contribution in [1.29, 1.82) is 0 Å². The van der Waals surface area contributed by atoms with Gasteiger partial charge in [0.15, 0.2) is 11.5 Å². The molecule has 0 aliphatic rings. The maximum absolute atomic E-state index is 12.4. The molecule has 33 heavy (non-hydrogen) atoms. The van der Waals surface area contributed by atoms with E-state index in [2.05, 4.69) is 34.6 Å². The molecule has 1 aromatic carbocycles. The van der Waals surface area contributed by atoms with E-state index in [0.717, 1.165) is 44.1 Å². The van der Waals surface area contributed by atoms with Crippen LogP contribution in [-0.4, -0.2) is 11.9 Å². The van der Waals surface area contributed by atoms with E-state index in [9.17, 15) is 9.59 Å². The quantitative estimate of drug-likeness (QED) is 0.125. The highest BCUT2D eigenvalue weighted by Gasteiger charge is 2.15. The lowest BCUT2D eigenvalue weighted by Crippen LogP contribution is -2.12. The van der Waals surface area contributed by atoms with E-state index in [4.69, 9.17) is 9.47 Å². The lowest BCUT2D eigenvalue weighted by Gasteiger charge is -2.13. The summed E-state index contributed by atoms with van der Waals surface area (Å²) in [6.07, 6.45) is 14.1. The van der Waals surface area contributed by atoms with Crippen LogP contribution >= 0.6 is 0 Å². The molecule has 0 radical (unpaired) electrons. The van der Waals surface area contributed by atoms with Crippen molar-refractivity contribution in [1.82, 2.24) is 0 Å². The lowest BCUT2D eigenvalue weighted by atomic mass is 10.0. The van der Waals surface area contributed by atoms with Gasteiger partial charge in [0.05, 0.1) is 0 Å². The van der Waals surface area contributed by atoms with E-state index in [-0.39, 0.29) is 11.9 Å². The number of unbranched alkanes of at least 4 members (excludes halogenated alkanes) is 6. The van der Waals surface area contributed by atoms with Gasteiger partial charge in [-0.05, 0) is 55.2 Å². The molecule has 0 N–H and O–H groups in total. The van der Waals surface area contributed by atoms with Gasteiger partial charge in [-0.3, -0.25) is 9.59 Å². The molecule has 0 aliphatic carbocycles. The maximum Gasteiger partial charge on any atom is 0.311 e. The molecule has 0 aliphatic heterocycles. The Labute approximate surface area is 202 Å². The Balaban J connectivity index is 2.70. The number of ether oxygens (including phenoxy) is 2. The molecule has 4 heteroatoms. The molecular formula is C29H48O4. The zero-order valence-corrected chi connectivity index (χ0v) is 21.9. The molecule has 4 nitrogen and oxygen atoms in total. The Hall–Kier alpha value is -1.84. The van der Waals surface area contributed by atoms with Gasteiger partial charge < -0.3 is 9.47 Å². The lowest BCUT2D eigenvalue weighted by molar-refractivity contribution is -0.137. The second-order valence-corrected chi connectivity index (χ2v) is 10.2. The number of carbonyl (C=O) groups is 2. The summed E-state index contributed by atoms with van der Waals surface area (Å²) in [6, 6.07) is 5.66. The topological polar surface area (TPSA) is 52.6 Å². The fourth-order valence-electron chi connectivity index (χ4n) is 3.81. The Kier molecular flexibility index (Phi) is 15.6. The van der Waals surface area contributed by atoms with Crippen LogP contribution in [0, 0.1) is 11.8 Å². The predicted octanol–water partition coefficient (Wildman–Crippen LogP) is 8.44. The summed E-state index contributed by atoms with van der Waals surface area (Å²) in [5.41, 5.74) is 1.12. The average molecular weight is 461 g/mol. The summed E-state index contributed by atoms with van der Waals surface area (Å²) in [7, 11) is 0. The molecule has 0 amide bonds. The highest BCUT2D eigenvalue weighted by Crippen LogP contribution is 2.30. The van der Waals surface area contributed by atoms with Crippen LogP contribution in [0.2, 0.25) is 0 Å². The fourth-order valence-corrected chi connectivity index (χ4v) is 3.81. The van der Waals surface area contributed by atoms with Crippen LogP contribution in [0.4, 0.5) is 0 Å². The molecule has 1 aromatic rings. The molecule has 0 fully saturated rings. The molecule has 0 aromatic heterocycles. The second kappa shape index (κ2) is 17.6. The highest BCUT2D eigenvalue weighted by atomic mass is 16.6. The van der Waals surface area contributed by atoms with Crippen LogP contribution in [0.3, 0.4) is 0 Å². The number of carbonyl (C=O) groups excluding carboxylic acids is 2. The van der Waals surface area contributed by atoms with Crippen LogP contribution in [0.25, 0.3) is 0 Å². The Morgan fingerprint density at radius 3 is 1.76 bits per heavy atom. The molecular weight excluding hydrogens is 412 g/mol. The SMILES string of the molecule is CCCCCCCCCc1ccc(OC(=O)CCCC(C)C)c(OC(=O)CCCC(C)C)c1. The minimum Gasteiger partial charge on any atom is -0.423 e. The van der Waals surface area contributed by atoms with Gasteiger partial charge in [-0.1, -0.05) is 92.1 Å². The Morgan fingerprint density at radius 1 is 0.697 bits per heavy atom. The van der Waals surface area contributed by atoms with Gasteiger partial charge in [0.1, 0.15) is 0 Å². The van der Waals surface area contributed by atoms with Gasteiger partial charge >= 0.3 is 11.9 Å². The number of esters is 2. The summed E-state index contributed by atoms with van der Waals surface area (Å²) >= 11 is 0. The minimum atomic E-state index is -0.271. The normalized spacial score (nSPS) is 11.2. The van der Waals surface area contributed by atoms with Gasteiger partial charge in [-0.25, -0.2) is 0 Å². The summed E-state index contributed by atoms with van der Waals surface area (Å²) < 4.78 is 11.3. The third kappa shape index (κ3) is 14.8. The van der Waals surface area contributed by atoms with E-state index in [1.807, 2.05) is 12.1 Å². The van der Waals surface area contributed by atoms with Crippen molar-refractivity contribution in [2.24, 2.45) is 11.8 Å². The number of aryl methyl sites for hydroxylation is 1. The number of hydrogen-bond acceptors (Lipinski definition) is 4. The molecule has 0 unspecified atom stereocenters. The van der Waals surface area contributed by atoms with Crippen LogP contribution in [0.1, 0.15) is 124 Å². The predicted molar refractivity (Wildman–Crippen MR) is 137 cm³/mol. The average Bonchev–Trinajstić information content (AvgIpc) is 2.74. The zero-order valence-electron chi connectivity index (χ0n) is 21.9. The molecule has 1 rings (SSSR count). The molecule has 0 atom stereocenters. The van der Waals surface area contributed by atoms with Crippen LogP contribution in [0.5, 0.6) is 11.5 Å². The Bertz CT molecular complexity index is 678. The van der Waals surface area contributed by atoms with Gasteiger partial charge in [-0.15, -0.1) is 0 Å². The summed E-state index contributed by atoms with van der Waals surface area (Å²) in [6.45, 7) is 10.8. The van der Waals surface area contributed by atoms with Crippen molar-refractivity contribution in [2.75, 3.05) is 0 Å². The Morgan fingerprint density at radius 2 is 1.21 bits per heavy atom. The molecule has 0 spiro atoms. The molecule has 188 valence electrons. The van der Waals surface area contributed by atoms with Gasteiger partial charge in [0.25, 0.3) is 0 Å². The van der Waals surface area contributed by atoms with E-state index < -0.39 is 0 Å². The molecule has 0 heterocycles. The zero-order chi connectivity index (χ0) is 24.5. The number of rotatable bonds is 18. The van der Waals surface area contributed by atoms with Crippen LogP contribution in [-0.2, 0) is 16.0 Å². The summed E-state index contributed by atoms with van der Waals surface area (Å²) in [4.78, 5) is 24.7. The first-order chi connectivity index (χ1) is 15.8. The number of benzene rings is 1. The van der Waals surface area contributed by atoms with E-state index >= 15 is 0 Å². The van der Waals surface area contributed by atoms with Crippen LogP contribution < -0.4 is 9.47 Å². The maximum atomic E-state index is 12.4. The standard InChI is InChI=1S/C29H48O4/c1-6-7-8-9-10-11-12-17-25-20-21-26(32-28(30)18-13-15-23(2)3)27(22-25)33-29(31)19-14-16-24(4)5/h20-24H,6-19H2,1-5H3. The first kappa shape index (κ1) is 29.2. The number of hydrogen-bond donors (Lipinski definition) is 0. The highest BCUT2D eigenvalue weighted by molar-refractivity contribution is 5.76. The first-order valence-corrected chi connectivity index (χ1v) is 13.4. The van der Waals surface area contributed by atoms with Crippen molar-refractivity contribution in [3.8, 4) is 11.5 Å². The van der Waals surface area contributed by atoms with E-state index in [1.54, 1.807) is 6.07 Å². The minimum absolute atomic E-state index is 0.263. The third-order valence-corrected chi connectivity index (χ3v) is 5.85. The monoisotopic (exact) mass is 460 g/mol. The smallest absolute Gasteiger partial charge is 0.311 e. The first-order valence-electron chi connectivity index (χ1n) is 13.4. The fraction of sp³-hybridized carbons (Fsp3) is 0.724. The van der Waals surface area contributed by atoms with Crippen molar-refractivity contribution in [3.05, 3.63) is 23.8 Å². The van der Waals surface area contributed by atoms with Gasteiger partial charge in [-0.2, -0.15) is 0 Å². The van der Waals surface area contributed by atoms with Crippen molar-refractivity contribution in [3.63, 3.8) is 0 Å². The van der Waals surface area contributed by atoms with Crippen molar-refractivity contribution in [2.45, 2.75) is 125 Å². The summed E-state index contributed by atoms with van der Waals surface area (Å²) in [5.74, 6) is 1.32. The second-order valence-electron chi connectivity index (χ2n) is 10.2. The van der Waals surface area contributed by atoms with E-state index in [0.29, 0.717) is 36.2 Å². The third-order valence-electron chi connectivity index (χ3n) is 5.85. The van der Waals surface area contributed by atoms with Crippen LogP contribution in [0.15, 0.2) is 18.2 Å². The van der Waals surface area contributed by atoms with Crippen molar-refractivity contribution < 1.29 is 19.1 Å². The van der Waals surface area contributed by atoms with E-state index in [1.165, 1.54) is 38.5 Å². The van der Waals surface area contributed by atoms with Gasteiger partial charge in [0.2, 0.25) is 0 Å². The van der Waals surface area contributed by atoms with Crippen molar-refractivity contribution >= 4 is 11.9 Å². The summed E-state index contributed by atoms with van der Waals surface area (Å²) in [5, 5.41) is 0.